The Bertz CT molecular complexity index is 1070. The molecule has 3 rings (SSSR count). The van der Waals surface area contributed by atoms with Crippen molar-refractivity contribution in [1.82, 2.24) is 4.72 Å². The molecule has 150 valence electrons. The predicted octanol–water partition coefficient (Wildman–Crippen LogP) is 4.52. The van der Waals surface area contributed by atoms with E-state index in [1.54, 1.807) is 24.3 Å². The minimum atomic E-state index is -3.93. The third-order valence-electron chi connectivity index (χ3n) is 4.13. The minimum absolute atomic E-state index is 0.0271. The average Bonchev–Trinajstić information content (AvgIpc) is 2.70. The molecule has 2 N–H and O–H groups in total. The number of halogens is 2. The maximum Gasteiger partial charge on any atom is 0.242 e. The molecule has 29 heavy (non-hydrogen) atoms. The summed E-state index contributed by atoms with van der Waals surface area (Å²) in [5.41, 5.74) is 1.34. The summed E-state index contributed by atoms with van der Waals surface area (Å²) in [6.07, 6.45) is 0.188. The van der Waals surface area contributed by atoms with Crippen molar-refractivity contribution < 1.29 is 13.2 Å². The smallest absolute Gasteiger partial charge is 0.242 e. The molecule has 0 heterocycles. The number of carbonyl (C=O) groups is 1. The molecule has 0 aliphatic rings. The molecule has 0 radical (unpaired) electrons. The number of amides is 1. The fourth-order valence-corrected chi connectivity index (χ4v) is 4.12. The number of hydrogen-bond donors (Lipinski definition) is 2. The summed E-state index contributed by atoms with van der Waals surface area (Å²) in [6, 6.07) is 20.5. The van der Waals surface area contributed by atoms with E-state index in [4.69, 9.17) is 23.2 Å². The third kappa shape index (κ3) is 6.05. The molecule has 0 aliphatic heterocycles. The van der Waals surface area contributed by atoms with E-state index in [0.29, 0.717) is 15.7 Å². The van der Waals surface area contributed by atoms with Crippen LogP contribution in [0.1, 0.15) is 5.56 Å². The van der Waals surface area contributed by atoms with Gasteiger partial charge in [-0.1, -0.05) is 53.5 Å². The van der Waals surface area contributed by atoms with Crippen LogP contribution in [0, 0.1) is 0 Å². The van der Waals surface area contributed by atoms with Gasteiger partial charge in [-0.15, -0.1) is 0 Å². The molecule has 1 atom stereocenters. The Morgan fingerprint density at radius 1 is 0.828 bits per heavy atom. The molecule has 1 unspecified atom stereocenters. The van der Waals surface area contributed by atoms with Gasteiger partial charge in [0.15, 0.2) is 0 Å². The molecule has 3 aromatic carbocycles. The summed E-state index contributed by atoms with van der Waals surface area (Å²) >= 11 is 11.7. The van der Waals surface area contributed by atoms with Crippen molar-refractivity contribution in [3.05, 3.63) is 94.5 Å². The van der Waals surface area contributed by atoms with E-state index in [1.807, 2.05) is 30.3 Å². The largest absolute Gasteiger partial charge is 0.325 e. The fourth-order valence-electron chi connectivity index (χ4n) is 2.67. The molecule has 5 nitrogen and oxygen atoms in total. The van der Waals surface area contributed by atoms with Gasteiger partial charge in [-0.2, -0.15) is 4.72 Å². The molecular formula is C21H18Cl2N2O3S. The fraction of sp³-hybridized carbons (Fsp3) is 0.0952. The molecule has 0 bridgehead atoms. The Balaban J connectivity index is 1.84. The molecule has 3 aromatic rings. The summed E-state index contributed by atoms with van der Waals surface area (Å²) in [6.45, 7) is 0. The number of anilines is 1. The zero-order valence-corrected chi connectivity index (χ0v) is 17.5. The first kappa shape index (κ1) is 21.3. The van der Waals surface area contributed by atoms with Crippen molar-refractivity contribution >= 4 is 44.8 Å². The topological polar surface area (TPSA) is 75.3 Å². The molecule has 0 saturated heterocycles. The zero-order chi connectivity index (χ0) is 20.9. The molecule has 0 aromatic heterocycles. The predicted molar refractivity (Wildman–Crippen MR) is 116 cm³/mol. The highest BCUT2D eigenvalue weighted by molar-refractivity contribution is 7.89. The van der Waals surface area contributed by atoms with Crippen molar-refractivity contribution in [2.24, 2.45) is 0 Å². The van der Waals surface area contributed by atoms with Gasteiger partial charge >= 0.3 is 0 Å². The lowest BCUT2D eigenvalue weighted by Gasteiger charge is -2.19. The van der Waals surface area contributed by atoms with Gasteiger partial charge in [-0.05, 0) is 60.5 Å². The van der Waals surface area contributed by atoms with Crippen LogP contribution < -0.4 is 10.0 Å². The molecule has 1 amide bonds. The van der Waals surface area contributed by atoms with E-state index in [1.165, 1.54) is 24.3 Å². The first-order chi connectivity index (χ1) is 13.8. The van der Waals surface area contributed by atoms with E-state index < -0.39 is 22.0 Å². The van der Waals surface area contributed by atoms with Gasteiger partial charge < -0.3 is 5.32 Å². The molecule has 8 heteroatoms. The van der Waals surface area contributed by atoms with Crippen LogP contribution in [0.15, 0.2) is 83.8 Å². The standard InChI is InChI=1S/C21H18Cl2N2O3S/c22-16-6-10-18(11-7-16)24-21(26)20(14-15-4-2-1-3-5-15)25-29(27,28)19-12-8-17(23)9-13-19/h1-13,20,25H,14H2,(H,24,26). The number of hydrogen-bond acceptors (Lipinski definition) is 3. The Hall–Kier alpha value is -2.38. The van der Waals surface area contributed by atoms with Crippen LogP contribution in [-0.4, -0.2) is 20.4 Å². The maximum absolute atomic E-state index is 12.9. The summed E-state index contributed by atoms with van der Waals surface area (Å²) < 4.78 is 28.1. The van der Waals surface area contributed by atoms with E-state index >= 15 is 0 Å². The lowest BCUT2D eigenvalue weighted by molar-refractivity contribution is -0.117. The summed E-state index contributed by atoms with van der Waals surface area (Å²) in [4.78, 5) is 12.9. The Morgan fingerprint density at radius 2 is 1.38 bits per heavy atom. The number of carbonyl (C=O) groups excluding carboxylic acids is 1. The van der Waals surface area contributed by atoms with E-state index in [2.05, 4.69) is 10.0 Å². The Morgan fingerprint density at radius 3 is 1.97 bits per heavy atom. The van der Waals surface area contributed by atoms with Crippen LogP contribution in [0.4, 0.5) is 5.69 Å². The number of sulfonamides is 1. The van der Waals surface area contributed by atoms with Gasteiger partial charge in [0.25, 0.3) is 0 Å². The van der Waals surface area contributed by atoms with Gasteiger partial charge in [0.1, 0.15) is 6.04 Å². The number of benzene rings is 3. The van der Waals surface area contributed by atoms with E-state index in [9.17, 15) is 13.2 Å². The lowest BCUT2D eigenvalue weighted by atomic mass is 10.1. The highest BCUT2D eigenvalue weighted by Crippen LogP contribution is 2.17. The second kappa shape index (κ2) is 9.41. The summed E-state index contributed by atoms with van der Waals surface area (Å²) in [7, 11) is -3.93. The van der Waals surface area contributed by atoms with Crippen LogP contribution in [0.3, 0.4) is 0 Å². The molecule has 0 saturated carbocycles. The molecule has 0 spiro atoms. The van der Waals surface area contributed by atoms with Crippen LogP contribution in [0.5, 0.6) is 0 Å². The average molecular weight is 449 g/mol. The van der Waals surface area contributed by atoms with Crippen molar-refractivity contribution in [3.63, 3.8) is 0 Å². The van der Waals surface area contributed by atoms with E-state index in [-0.39, 0.29) is 11.3 Å². The number of nitrogens with one attached hydrogen (secondary N) is 2. The van der Waals surface area contributed by atoms with Crippen LogP contribution in [0.25, 0.3) is 0 Å². The van der Waals surface area contributed by atoms with Crippen molar-refractivity contribution in [3.8, 4) is 0 Å². The van der Waals surface area contributed by atoms with E-state index in [0.717, 1.165) is 5.56 Å². The van der Waals surface area contributed by atoms with Gasteiger partial charge in [-0.25, -0.2) is 8.42 Å². The quantitative estimate of drug-likeness (QED) is 0.557. The molecule has 0 fully saturated rings. The van der Waals surface area contributed by atoms with Crippen LogP contribution >= 0.6 is 23.2 Å². The second-order valence-corrected chi connectivity index (χ2v) is 8.90. The third-order valence-corrected chi connectivity index (χ3v) is 6.12. The molecule has 0 aliphatic carbocycles. The lowest BCUT2D eigenvalue weighted by Crippen LogP contribution is -2.45. The first-order valence-corrected chi connectivity index (χ1v) is 11.0. The zero-order valence-electron chi connectivity index (χ0n) is 15.2. The highest BCUT2D eigenvalue weighted by Gasteiger charge is 2.26. The van der Waals surface area contributed by atoms with Gasteiger partial charge in [0.2, 0.25) is 15.9 Å². The van der Waals surface area contributed by atoms with Gasteiger partial charge in [0, 0.05) is 15.7 Å². The van der Waals surface area contributed by atoms with Gasteiger partial charge in [-0.3, -0.25) is 4.79 Å². The summed E-state index contributed by atoms with van der Waals surface area (Å²) in [5, 5.41) is 3.68. The highest BCUT2D eigenvalue weighted by atomic mass is 35.5. The van der Waals surface area contributed by atoms with Crippen molar-refractivity contribution in [2.75, 3.05) is 5.32 Å². The number of rotatable bonds is 7. The summed E-state index contributed by atoms with van der Waals surface area (Å²) in [5.74, 6) is -0.478. The maximum atomic E-state index is 12.9. The van der Waals surface area contributed by atoms with Gasteiger partial charge in [0.05, 0.1) is 4.90 Å². The minimum Gasteiger partial charge on any atom is -0.325 e. The van der Waals surface area contributed by atoms with Crippen LogP contribution in [0.2, 0.25) is 10.0 Å². The monoisotopic (exact) mass is 448 g/mol. The Labute approximate surface area is 179 Å². The van der Waals surface area contributed by atoms with Crippen molar-refractivity contribution in [2.45, 2.75) is 17.4 Å². The molecular weight excluding hydrogens is 431 g/mol. The normalized spacial score (nSPS) is 12.3. The SMILES string of the molecule is O=C(Nc1ccc(Cl)cc1)C(Cc1ccccc1)NS(=O)(=O)c1ccc(Cl)cc1. The Kier molecular flexibility index (Phi) is 6.92. The first-order valence-electron chi connectivity index (χ1n) is 8.72. The van der Waals surface area contributed by atoms with Crippen LogP contribution in [-0.2, 0) is 21.2 Å². The van der Waals surface area contributed by atoms with Crippen molar-refractivity contribution in [1.29, 1.82) is 0 Å². The second-order valence-electron chi connectivity index (χ2n) is 6.31.